The fraction of sp³-hybridized carbons (Fsp3) is 0.100. The number of hydrogen-bond acceptors (Lipinski definition) is 5. The van der Waals surface area contributed by atoms with Gasteiger partial charge in [-0.05, 0) is 36.1 Å². The van der Waals surface area contributed by atoms with Crippen molar-refractivity contribution in [2.45, 2.75) is 13.0 Å². The van der Waals surface area contributed by atoms with E-state index in [1.54, 1.807) is 11.3 Å². The molecular formula is C20H17N3OS2. The molecule has 0 fully saturated rings. The van der Waals surface area contributed by atoms with Crippen molar-refractivity contribution in [2.24, 2.45) is 0 Å². The number of thiophene rings is 2. The molecule has 26 heavy (non-hydrogen) atoms. The number of nitrogens with two attached hydrogens (primary N) is 1. The maximum absolute atomic E-state index is 12.7. The first-order chi connectivity index (χ1) is 12.6. The monoisotopic (exact) mass is 379 g/mol. The number of fused-ring (bicyclic) bond motifs is 1. The Morgan fingerprint density at radius 1 is 1.12 bits per heavy atom. The molecule has 0 aliphatic rings. The second-order valence-corrected chi connectivity index (χ2v) is 7.92. The summed E-state index contributed by atoms with van der Waals surface area (Å²) in [6.07, 6.45) is 0. The average Bonchev–Trinajstić information content (AvgIpc) is 3.30. The Morgan fingerprint density at radius 2 is 1.92 bits per heavy atom. The number of carbonyl (C=O) groups is 1. The number of nitrogens with one attached hydrogen (secondary N) is 1. The predicted octanol–water partition coefficient (Wildman–Crippen LogP) is 5.10. The summed E-state index contributed by atoms with van der Waals surface area (Å²) in [5.41, 5.74) is 8.68. The van der Waals surface area contributed by atoms with Crippen LogP contribution in [0, 0.1) is 0 Å². The van der Waals surface area contributed by atoms with Crippen molar-refractivity contribution in [2.75, 3.05) is 5.73 Å². The molecule has 4 nitrogen and oxygen atoms in total. The van der Waals surface area contributed by atoms with Gasteiger partial charge in [0.05, 0.1) is 22.3 Å². The first kappa shape index (κ1) is 16.8. The van der Waals surface area contributed by atoms with Gasteiger partial charge in [-0.3, -0.25) is 4.79 Å². The number of rotatable bonds is 4. The molecule has 6 heteroatoms. The van der Waals surface area contributed by atoms with Gasteiger partial charge in [0, 0.05) is 5.39 Å². The van der Waals surface area contributed by atoms with Crippen molar-refractivity contribution in [1.29, 1.82) is 0 Å². The zero-order valence-electron chi connectivity index (χ0n) is 14.1. The van der Waals surface area contributed by atoms with Crippen LogP contribution in [0.25, 0.3) is 20.8 Å². The number of anilines is 1. The summed E-state index contributed by atoms with van der Waals surface area (Å²) >= 11 is 2.98. The van der Waals surface area contributed by atoms with Crippen molar-refractivity contribution < 1.29 is 4.79 Å². The number of pyridine rings is 1. The van der Waals surface area contributed by atoms with Crippen LogP contribution in [-0.4, -0.2) is 10.9 Å². The zero-order chi connectivity index (χ0) is 18.1. The third-order valence-corrected chi connectivity index (χ3v) is 6.23. The van der Waals surface area contributed by atoms with Gasteiger partial charge < -0.3 is 11.1 Å². The van der Waals surface area contributed by atoms with Crippen molar-refractivity contribution in [3.8, 4) is 10.6 Å². The van der Waals surface area contributed by atoms with E-state index in [4.69, 9.17) is 5.73 Å². The maximum Gasteiger partial charge on any atom is 0.264 e. The molecule has 0 bridgehead atoms. The van der Waals surface area contributed by atoms with E-state index in [0.29, 0.717) is 10.6 Å². The smallest absolute Gasteiger partial charge is 0.264 e. The lowest BCUT2D eigenvalue weighted by Gasteiger charge is -2.13. The average molecular weight is 380 g/mol. The molecule has 3 aromatic heterocycles. The third-order valence-electron chi connectivity index (χ3n) is 4.22. The summed E-state index contributed by atoms with van der Waals surface area (Å²) in [6, 6.07) is 17.7. The fourth-order valence-corrected chi connectivity index (χ4v) is 4.51. The maximum atomic E-state index is 12.7. The van der Waals surface area contributed by atoms with E-state index in [-0.39, 0.29) is 11.9 Å². The summed E-state index contributed by atoms with van der Waals surface area (Å²) in [6.45, 7) is 1.96. The molecule has 0 aliphatic carbocycles. The van der Waals surface area contributed by atoms with Gasteiger partial charge in [0.1, 0.15) is 9.71 Å². The molecule has 4 rings (SSSR count). The molecule has 0 unspecified atom stereocenters. The van der Waals surface area contributed by atoms with Gasteiger partial charge in [-0.1, -0.05) is 36.4 Å². The third kappa shape index (κ3) is 3.09. The Labute approximate surface area is 159 Å². The first-order valence-electron chi connectivity index (χ1n) is 8.22. The molecule has 4 aromatic rings. The van der Waals surface area contributed by atoms with E-state index in [0.717, 1.165) is 26.4 Å². The van der Waals surface area contributed by atoms with Crippen molar-refractivity contribution >= 4 is 44.5 Å². The van der Waals surface area contributed by atoms with E-state index in [9.17, 15) is 4.79 Å². The topological polar surface area (TPSA) is 68.0 Å². The van der Waals surface area contributed by atoms with E-state index in [2.05, 4.69) is 10.3 Å². The van der Waals surface area contributed by atoms with Gasteiger partial charge in [-0.2, -0.15) is 0 Å². The summed E-state index contributed by atoms with van der Waals surface area (Å²) in [5.74, 6) is -0.167. The molecule has 3 heterocycles. The highest BCUT2D eigenvalue weighted by molar-refractivity contribution is 7.21. The zero-order valence-corrected chi connectivity index (χ0v) is 15.7. The van der Waals surface area contributed by atoms with E-state index < -0.39 is 0 Å². The quantitative estimate of drug-likeness (QED) is 0.518. The Balaban J connectivity index is 1.63. The van der Waals surface area contributed by atoms with Crippen LogP contribution in [0.1, 0.15) is 28.2 Å². The summed E-state index contributed by atoms with van der Waals surface area (Å²) in [7, 11) is 0. The minimum absolute atomic E-state index is 0.0945. The van der Waals surface area contributed by atoms with Gasteiger partial charge in [0.2, 0.25) is 0 Å². The largest absolute Gasteiger partial charge is 0.397 e. The van der Waals surface area contributed by atoms with Crippen molar-refractivity contribution in [3.05, 3.63) is 70.4 Å². The van der Waals surface area contributed by atoms with Crippen LogP contribution in [-0.2, 0) is 0 Å². The lowest BCUT2D eigenvalue weighted by atomic mass is 10.1. The number of nitrogen functional groups attached to an aromatic ring is 1. The van der Waals surface area contributed by atoms with E-state index in [1.807, 2.05) is 66.9 Å². The van der Waals surface area contributed by atoms with Gasteiger partial charge in [-0.25, -0.2) is 4.98 Å². The van der Waals surface area contributed by atoms with Gasteiger partial charge >= 0.3 is 0 Å². The van der Waals surface area contributed by atoms with Crippen LogP contribution in [0.15, 0.2) is 60.0 Å². The van der Waals surface area contributed by atoms with E-state index in [1.165, 1.54) is 11.3 Å². The molecule has 0 saturated heterocycles. The Bertz CT molecular complexity index is 1060. The highest BCUT2D eigenvalue weighted by Crippen LogP contribution is 2.35. The minimum Gasteiger partial charge on any atom is -0.397 e. The van der Waals surface area contributed by atoms with Crippen molar-refractivity contribution in [1.82, 2.24) is 10.3 Å². The molecule has 1 atom stereocenters. The molecular weight excluding hydrogens is 362 g/mol. The predicted molar refractivity (Wildman–Crippen MR) is 110 cm³/mol. The Hall–Kier alpha value is -2.70. The second kappa shape index (κ2) is 6.90. The van der Waals surface area contributed by atoms with Gasteiger partial charge in [0.25, 0.3) is 5.91 Å². The van der Waals surface area contributed by atoms with Crippen LogP contribution < -0.4 is 11.1 Å². The first-order valence-corrected chi connectivity index (χ1v) is 9.92. The van der Waals surface area contributed by atoms with Crippen LogP contribution >= 0.6 is 22.7 Å². The highest BCUT2D eigenvalue weighted by atomic mass is 32.1. The number of carbonyl (C=O) groups excluding carboxylic acids is 1. The Kier molecular flexibility index (Phi) is 4.44. The number of aromatic nitrogens is 1. The molecule has 0 saturated carbocycles. The normalized spacial score (nSPS) is 12.2. The fourth-order valence-electron chi connectivity index (χ4n) is 2.81. The number of amides is 1. The molecule has 0 radical (unpaired) electrons. The number of nitrogens with zero attached hydrogens (tertiary/aromatic N) is 1. The summed E-state index contributed by atoms with van der Waals surface area (Å²) in [5, 5.41) is 5.87. The van der Waals surface area contributed by atoms with E-state index >= 15 is 0 Å². The van der Waals surface area contributed by atoms with Crippen LogP contribution in [0.5, 0.6) is 0 Å². The molecule has 1 aromatic carbocycles. The molecule has 3 N–H and O–H groups in total. The summed E-state index contributed by atoms with van der Waals surface area (Å²) < 4.78 is 0. The molecule has 130 valence electrons. The molecule has 0 aliphatic heterocycles. The standard InChI is InChI=1S/C20H17N3OS2/c1-12(13-6-3-2-4-7-13)22-19(24)18-17(21)14-9-10-15(23-20(14)26-18)16-8-5-11-25-16/h2-12H,21H2,1H3,(H,22,24)/t12-/m0/s1. The van der Waals surface area contributed by atoms with Crippen LogP contribution in [0.3, 0.4) is 0 Å². The number of benzene rings is 1. The number of hydrogen-bond donors (Lipinski definition) is 2. The molecule has 0 spiro atoms. The minimum atomic E-state index is -0.167. The lowest BCUT2D eigenvalue weighted by molar-refractivity contribution is 0.0945. The molecule has 1 amide bonds. The highest BCUT2D eigenvalue weighted by Gasteiger charge is 2.19. The van der Waals surface area contributed by atoms with Crippen LogP contribution in [0.4, 0.5) is 5.69 Å². The Morgan fingerprint density at radius 3 is 2.65 bits per heavy atom. The lowest BCUT2D eigenvalue weighted by Crippen LogP contribution is -2.26. The van der Waals surface area contributed by atoms with Crippen molar-refractivity contribution in [3.63, 3.8) is 0 Å². The SMILES string of the molecule is C[C@H](NC(=O)c1sc2nc(-c3cccs3)ccc2c1N)c1ccccc1. The van der Waals surface area contributed by atoms with Gasteiger partial charge in [-0.15, -0.1) is 22.7 Å². The van der Waals surface area contributed by atoms with Gasteiger partial charge in [0.15, 0.2) is 0 Å². The summed E-state index contributed by atoms with van der Waals surface area (Å²) in [4.78, 5) is 19.8. The second-order valence-electron chi connectivity index (χ2n) is 5.98. The van der Waals surface area contributed by atoms with Crippen LogP contribution in [0.2, 0.25) is 0 Å².